The Hall–Kier alpha value is -1.02. The third kappa shape index (κ3) is 4.24. The Morgan fingerprint density at radius 2 is 1.63 bits per heavy atom. The van der Waals surface area contributed by atoms with Crippen LogP contribution in [-0.2, 0) is 10.8 Å². The van der Waals surface area contributed by atoms with Crippen molar-refractivity contribution in [3.05, 3.63) is 29.3 Å². The lowest BCUT2D eigenvalue weighted by molar-refractivity contribution is 0.224. The molecule has 0 saturated heterocycles. The molecule has 0 aliphatic heterocycles. The van der Waals surface area contributed by atoms with Gasteiger partial charge < -0.3 is 10.5 Å². The van der Waals surface area contributed by atoms with Crippen molar-refractivity contribution in [1.29, 1.82) is 0 Å². The number of hydrogen-bond donors (Lipinski definition) is 1. The summed E-state index contributed by atoms with van der Waals surface area (Å²) >= 11 is 0. The van der Waals surface area contributed by atoms with Gasteiger partial charge in [0.25, 0.3) is 0 Å². The zero-order valence-corrected chi connectivity index (χ0v) is 13.5. The highest BCUT2D eigenvalue weighted by Crippen LogP contribution is 2.35. The van der Waals surface area contributed by atoms with Crippen LogP contribution in [0.1, 0.15) is 59.6 Å². The molecule has 0 amide bonds. The van der Waals surface area contributed by atoms with Gasteiger partial charge in [-0.2, -0.15) is 0 Å². The van der Waals surface area contributed by atoms with E-state index >= 15 is 0 Å². The summed E-state index contributed by atoms with van der Waals surface area (Å²) in [6, 6.07) is 6.53. The SMILES string of the molecule is CC(CN)Oc1ccc(C(C)(C)C)cc1C(C)(C)C. The summed E-state index contributed by atoms with van der Waals surface area (Å²) in [7, 11) is 0. The van der Waals surface area contributed by atoms with Crippen LogP contribution in [0, 0.1) is 0 Å². The van der Waals surface area contributed by atoms with Crippen molar-refractivity contribution < 1.29 is 4.74 Å². The van der Waals surface area contributed by atoms with Crippen molar-refractivity contribution in [3.63, 3.8) is 0 Å². The summed E-state index contributed by atoms with van der Waals surface area (Å²) in [5.74, 6) is 0.957. The zero-order chi connectivity index (χ0) is 14.8. The Bertz CT molecular complexity index is 424. The summed E-state index contributed by atoms with van der Waals surface area (Å²) in [6.07, 6.45) is 0.0431. The molecule has 0 heterocycles. The lowest BCUT2D eigenvalue weighted by Crippen LogP contribution is -2.25. The summed E-state index contributed by atoms with van der Waals surface area (Å²) in [6.45, 7) is 15.9. The first-order valence-corrected chi connectivity index (χ1v) is 7.07. The highest BCUT2D eigenvalue weighted by atomic mass is 16.5. The molecule has 2 N–H and O–H groups in total. The molecule has 1 unspecified atom stereocenters. The molecule has 1 aromatic carbocycles. The zero-order valence-electron chi connectivity index (χ0n) is 13.5. The van der Waals surface area contributed by atoms with Gasteiger partial charge in [-0.1, -0.05) is 53.7 Å². The van der Waals surface area contributed by atoms with Gasteiger partial charge in [-0.05, 0) is 34.9 Å². The van der Waals surface area contributed by atoms with Crippen molar-refractivity contribution in [2.24, 2.45) is 5.73 Å². The minimum atomic E-state index is 0.0431. The standard InChI is InChI=1S/C17H29NO/c1-12(11-18)19-15-9-8-13(16(2,3)4)10-14(15)17(5,6)7/h8-10,12H,11,18H2,1-7H3. The van der Waals surface area contributed by atoms with E-state index in [-0.39, 0.29) is 16.9 Å². The second-order valence-electron chi connectivity index (χ2n) is 7.38. The molecule has 0 aliphatic carbocycles. The van der Waals surface area contributed by atoms with Crippen LogP contribution in [-0.4, -0.2) is 12.6 Å². The lowest BCUT2D eigenvalue weighted by Gasteiger charge is -2.28. The summed E-state index contributed by atoms with van der Waals surface area (Å²) in [4.78, 5) is 0. The van der Waals surface area contributed by atoms with Gasteiger partial charge in [-0.15, -0.1) is 0 Å². The highest BCUT2D eigenvalue weighted by Gasteiger charge is 2.23. The highest BCUT2D eigenvalue weighted by molar-refractivity contribution is 5.43. The van der Waals surface area contributed by atoms with Crippen molar-refractivity contribution in [3.8, 4) is 5.75 Å². The molecule has 1 aromatic rings. The van der Waals surface area contributed by atoms with Gasteiger partial charge in [0.1, 0.15) is 11.9 Å². The average Bonchev–Trinajstić information content (AvgIpc) is 2.26. The average molecular weight is 263 g/mol. The van der Waals surface area contributed by atoms with Crippen LogP contribution in [0.3, 0.4) is 0 Å². The van der Waals surface area contributed by atoms with Gasteiger partial charge in [0.05, 0.1) is 0 Å². The van der Waals surface area contributed by atoms with Crippen LogP contribution in [0.2, 0.25) is 0 Å². The van der Waals surface area contributed by atoms with Gasteiger partial charge in [0.15, 0.2) is 0 Å². The second-order valence-corrected chi connectivity index (χ2v) is 7.38. The predicted octanol–water partition coefficient (Wildman–Crippen LogP) is 4.01. The Morgan fingerprint density at radius 3 is 2.05 bits per heavy atom. The maximum Gasteiger partial charge on any atom is 0.123 e. The summed E-state index contributed by atoms with van der Waals surface area (Å²) < 4.78 is 5.96. The number of rotatable bonds is 3. The molecule has 2 nitrogen and oxygen atoms in total. The van der Waals surface area contributed by atoms with Gasteiger partial charge in [0, 0.05) is 6.54 Å². The largest absolute Gasteiger partial charge is 0.489 e. The molecular formula is C17H29NO. The summed E-state index contributed by atoms with van der Waals surface area (Å²) in [5, 5.41) is 0. The molecule has 1 atom stereocenters. The maximum absolute atomic E-state index is 5.96. The van der Waals surface area contributed by atoms with Crippen LogP contribution >= 0.6 is 0 Å². The Kier molecular flexibility index (Phi) is 4.67. The van der Waals surface area contributed by atoms with E-state index in [1.807, 2.05) is 6.92 Å². The van der Waals surface area contributed by atoms with Crippen molar-refractivity contribution >= 4 is 0 Å². The number of nitrogens with two attached hydrogens (primary N) is 1. The fraction of sp³-hybridized carbons (Fsp3) is 0.647. The molecule has 0 bridgehead atoms. The van der Waals surface area contributed by atoms with Crippen LogP contribution in [0.4, 0.5) is 0 Å². The van der Waals surface area contributed by atoms with Crippen LogP contribution < -0.4 is 10.5 Å². The van der Waals surface area contributed by atoms with E-state index in [0.717, 1.165) is 5.75 Å². The first-order chi connectivity index (χ1) is 8.55. The van der Waals surface area contributed by atoms with E-state index < -0.39 is 0 Å². The minimum absolute atomic E-state index is 0.0431. The molecule has 0 radical (unpaired) electrons. The van der Waals surface area contributed by atoms with E-state index in [4.69, 9.17) is 10.5 Å². The fourth-order valence-corrected chi connectivity index (χ4v) is 1.95. The van der Waals surface area contributed by atoms with E-state index in [9.17, 15) is 0 Å². The number of benzene rings is 1. The monoisotopic (exact) mass is 263 g/mol. The molecule has 0 fully saturated rings. The third-order valence-electron chi connectivity index (χ3n) is 3.31. The van der Waals surface area contributed by atoms with E-state index in [2.05, 4.69) is 59.7 Å². The molecule has 0 spiro atoms. The van der Waals surface area contributed by atoms with Gasteiger partial charge in [-0.3, -0.25) is 0 Å². The molecule has 2 heteroatoms. The third-order valence-corrected chi connectivity index (χ3v) is 3.31. The number of hydrogen-bond acceptors (Lipinski definition) is 2. The second kappa shape index (κ2) is 5.54. The minimum Gasteiger partial charge on any atom is -0.489 e. The van der Waals surface area contributed by atoms with Crippen LogP contribution in [0.25, 0.3) is 0 Å². The molecule has 0 aromatic heterocycles. The van der Waals surface area contributed by atoms with Crippen molar-refractivity contribution in [1.82, 2.24) is 0 Å². The Morgan fingerprint density at radius 1 is 1.05 bits per heavy atom. The smallest absolute Gasteiger partial charge is 0.123 e. The molecule has 1 rings (SSSR count). The first-order valence-electron chi connectivity index (χ1n) is 7.07. The molecule has 0 saturated carbocycles. The molecular weight excluding hydrogens is 234 g/mol. The van der Waals surface area contributed by atoms with Crippen LogP contribution in [0.5, 0.6) is 5.75 Å². The van der Waals surface area contributed by atoms with Gasteiger partial charge in [0.2, 0.25) is 0 Å². The summed E-state index contributed by atoms with van der Waals surface area (Å²) in [5.41, 5.74) is 8.45. The molecule has 0 aliphatic rings. The van der Waals surface area contributed by atoms with E-state index in [1.54, 1.807) is 0 Å². The lowest BCUT2D eigenvalue weighted by atomic mass is 9.80. The van der Waals surface area contributed by atoms with Gasteiger partial charge >= 0.3 is 0 Å². The normalized spacial score (nSPS) is 14.3. The van der Waals surface area contributed by atoms with Crippen molar-refractivity contribution in [2.75, 3.05) is 6.54 Å². The molecule has 108 valence electrons. The number of ether oxygens (including phenoxy) is 1. The molecule has 19 heavy (non-hydrogen) atoms. The fourth-order valence-electron chi connectivity index (χ4n) is 1.95. The van der Waals surface area contributed by atoms with E-state index in [1.165, 1.54) is 11.1 Å². The van der Waals surface area contributed by atoms with Crippen LogP contribution in [0.15, 0.2) is 18.2 Å². The predicted molar refractivity (Wildman–Crippen MR) is 83.0 cm³/mol. The van der Waals surface area contributed by atoms with Crippen molar-refractivity contribution in [2.45, 2.75) is 65.4 Å². The van der Waals surface area contributed by atoms with Gasteiger partial charge in [-0.25, -0.2) is 0 Å². The first kappa shape index (κ1) is 16.0. The Labute approximate surface area is 118 Å². The topological polar surface area (TPSA) is 35.2 Å². The maximum atomic E-state index is 5.96. The van der Waals surface area contributed by atoms with E-state index in [0.29, 0.717) is 6.54 Å². The Balaban J connectivity index is 3.26. The quantitative estimate of drug-likeness (QED) is 0.894.